The van der Waals surface area contributed by atoms with E-state index in [-0.39, 0.29) is 10.7 Å². The molecule has 0 aliphatic heterocycles. The number of carbonyl (C=O) groups is 1. The summed E-state index contributed by atoms with van der Waals surface area (Å²) in [5, 5.41) is 11.9. The van der Waals surface area contributed by atoms with Crippen LogP contribution in [-0.4, -0.2) is 29.7 Å². The van der Waals surface area contributed by atoms with Crippen molar-refractivity contribution >= 4 is 17.6 Å². The number of aromatic carboxylic acids is 1. The first-order chi connectivity index (χ1) is 7.65. The van der Waals surface area contributed by atoms with Gasteiger partial charge in [-0.3, -0.25) is 0 Å². The lowest BCUT2D eigenvalue weighted by molar-refractivity contribution is 0.0696. The van der Waals surface area contributed by atoms with E-state index in [4.69, 9.17) is 16.7 Å². The molecule has 0 bridgehead atoms. The maximum atomic E-state index is 10.7. The summed E-state index contributed by atoms with van der Waals surface area (Å²) in [6.07, 6.45) is 1.88. The number of hydrogen-bond donors (Lipinski definition) is 2. The van der Waals surface area contributed by atoms with Crippen molar-refractivity contribution in [3.05, 3.63) is 28.5 Å². The molecule has 0 saturated heterocycles. The van der Waals surface area contributed by atoms with Gasteiger partial charge in [0.1, 0.15) is 5.15 Å². The first kappa shape index (κ1) is 12.5. The van der Waals surface area contributed by atoms with Gasteiger partial charge in [-0.25, -0.2) is 9.78 Å². The highest BCUT2D eigenvalue weighted by Gasteiger charge is 2.06. The maximum Gasteiger partial charge on any atom is 0.337 e. The summed E-state index contributed by atoms with van der Waals surface area (Å²) in [6.45, 7) is 0.774. The minimum absolute atomic E-state index is 0.0855. The predicted molar refractivity (Wildman–Crippen MR) is 61.6 cm³/mol. The van der Waals surface area contributed by atoms with Crippen LogP contribution in [0.1, 0.15) is 22.3 Å². The summed E-state index contributed by atoms with van der Waals surface area (Å²) < 4.78 is 0. The van der Waals surface area contributed by atoms with Crippen LogP contribution in [0.5, 0.6) is 0 Å². The molecule has 1 heterocycles. The molecule has 0 fully saturated rings. The highest BCUT2D eigenvalue weighted by atomic mass is 35.5. The summed E-state index contributed by atoms with van der Waals surface area (Å²) in [4.78, 5) is 14.5. The van der Waals surface area contributed by atoms with Crippen molar-refractivity contribution in [1.29, 1.82) is 0 Å². The summed E-state index contributed by atoms with van der Waals surface area (Å²) in [6, 6.07) is 1.42. The van der Waals surface area contributed by atoms with Crippen LogP contribution in [0.4, 0.5) is 0 Å². The molecule has 0 atom stereocenters. The van der Waals surface area contributed by atoms with Crippen molar-refractivity contribution < 1.29 is 9.90 Å². The predicted octanol–water partition coefficient (Wildman–Crippen LogP) is 1.39. The van der Waals surface area contributed by atoms with E-state index in [1.807, 2.05) is 7.05 Å². The van der Waals surface area contributed by atoms with Crippen LogP contribution in [0.15, 0.2) is 12.3 Å². The van der Waals surface area contributed by atoms with Gasteiger partial charge in [0.2, 0.25) is 0 Å². The number of hydrogen-bond acceptors (Lipinski definition) is 3. The fourth-order valence-corrected chi connectivity index (χ4v) is 1.15. The molecule has 0 radical (unpaired) electrons. The minimum atomic E-state index is -1.04. The third-order valence-electron chi connectivity index (χ3n) is 1.81. The number of pyridine rings is 1. The molecule has 4 nitrogen and oxygen atoms in total. The Bertz CT molecular complexity index is 449. The Balaban J connectivity index is 2.88. The zero-order valence-corrected chi connectivity index (χ0v) is 9.51. The minimum Gasteiger partial charge on any atom is -0.478 e. The molecule has 0 aromatic carbocycles. The second-order valence-corrected chi connectivity index (χ2v) is 3.38. The van der Waals surface area contributed by atoms with Crippen LogP contribution >= 0.6 is 11.6 Å². The van der Waals surface area contributed by atoms with Gasteiger partial charge in [-0.1, -0.05) is 23.4 Å². The van der Waals surface area contributed by atoms with Crippen molar-refractivity contribution in [2.24, 2.45) is 0 Å². The van der Waals surface area contributed by atoms with Crippen LogP contribution in [0, 0.1) is 11.8 Å². The molecule has 2 N–H and O–H groups in total. The molecular weight excluding hydrogens is 228 g/mol. The van der Waals surface area contributed by atoms with E-state index in [0.717, 1.165) is 6.54 Å². The number of carboxylic acid groups (broad SMARTS) is 1. The number of carboxylic acids is 1. The zero-order valence-electron chi connectivity index (χ0n) is 8.75. The van der Waals surface area contributed by atoms with Crippen LogP contribution in [0.2, 0.25) is 5.15 Å². The third kappa shape index (κ3) is 3.54. The quantitative estimate of drug-likeness (QED) is 0.475. The van der Waals surface area contributed by atoms with Gasteiger partial charge in [0.05, 0.1) is 11.1 Å². The Morgan fingerprint density at radius 3 is 3.06 bits per heavy atom. The molecule has 0 amide bonds. The second-order valence-electron chi connectivity index (χ2n) is 3.02. The summed E-state index contributed by atoms with van der Waals surface area (Å²) in [5.41, 5.74) is 0.528. The largest absolute Gasteiger partial charge is 0.478 e. The van der Waals surface area contributed by atoms with Gasteiger partial charge < -0.3 is 10.4 Å². The van der Waals surface area contributed by atoms with E-state index in [2.05, 4.69) is 22.1 Å². The number of halogens is 1. The fourth-order valence-electron chi connectivity index (χ4n) is 0.998. The normalized spacial score (nSPS) is 9.38. The molecule has 1 rings (SSSR count). The number of aromatic nitrogens is 1. The number of rotatable bonds is 3. The van der Waals surface area contributed by atoms with E-state index < -0.39 is 5.97 Å². The van der Waals surface area contributed by atoms with E-state index in [1.54, 1.807) is 0 Å². The highest BCUT2D eigenvalue weighted by molar-refractivity contribution is 6.30. The number of nitrogens with one attached hydrogen (secondary N) is 1. The van der Waals surface area contributed by atoms with Gasteiger partial charge in [0, 0.05) is 19.2 Å². The Kier molecular flexibility index (Phi) is 4.77. The standard InChI is InChI=1S/C11H11ClN2O2/c1-13-5-3-2-4-8-6-9(11(15)16)7-14-10(8)12/h6-7,13H,3,5H2,1H3,(H,15,16). The van der Waals surface area contributed by atoms with Gasteiger partial charge in [0.15, 0.2) is 0 Å². The van der Waals surface area contributed by atoms with Gasteiger partial charge in [-0.2, -0.15) is 0 Å². The van der Waals surface area contributed by atoms with Gasteiger partial charge >= 0.3 is 5.97 Å². The molecule has 0 saturated carbocycles. The molecule has 0 aliphatic rings. The van der Waals surface area contributed by atoms with Crippen LogP contribution < -0.4 is 5.32 Å². The zero-order chi connectivity index (χ0) is 12.0. The van der Waals surface area contributed by atoms with Crippen molar-refractivity contribution in [3.8, 4) is 11.8 Å². The molecular formula is C11H11ClN2O2. The lowest BCUT2D eigenvalue weighted by Gasteiger charge is -1.97. The molecule has 1 aromatic heterocycles. The van der Waals surface area contributed by atoms with Crippen molar-refractivity contribution in [1.82, 2.24) is 10.3 Å². The first-order valence-electron chi connectivity index (χ1n) is 4.67. The molecule has 0 spiro atoms. The summed E-state index contributed by atoms with van der Waals surface area (Å²) in [5.74, 6) is 4.64. The molecule has 84 valence electrons. The SMILES string of the molecule is CNCCC#Cc1cc(C(=O)O)cnc1Cl. The maximum absolute atomic E-state index is 10.7. The summed E-state index contributed by atoms with van der Waals surface area (Å²) >= 11 is 5.79. The van der Waals surface area contributed by atoms with Crippen molar-refractivity contribution in [2.75, 3.05) is 13.6 Å². The molecule has 1 aromatic rings. The van der Waals surface area contributed by atoms with Crippen LogP contribution in [0.25, 0.3) is 0 Å². The monoisotopic (exact) mass is 238 g/mol. The smallest absolute Gasteiger partial charge is 0.337 e. The van der Waals surface area contributed by atoms with Crippen LogP contribution in [-0.2, 0) is 0 Å². The van der Waals surface area contributed by atoms with E-state index in [0.29, 0.717) is 12.0 Å². The fraction of sp³-hybridized carbons (Fsp3) is 0.273. The Labute approximate surface area is 98.6 Å². The molecule has 5 heteroatoms. The average Bonchev–Trinajstić information content (AvgIpc) is 2.26. The second kappa shape index (κ2) is 6.11. The van der Waals surface area contributed by atoms with Gasteiger partial charge in [0.25, 0.3) is 0 Å². The third-order valence-corrected chi connectivity index (χ3v) is 2.11. The molecule has 16 heavy (non-hydrogen) atoms. The lowest BCUT2D eigenvalue weighted by Crippen LogP contribution is -2.05. The number of nitrogens with zero attached hydrogens (tertiary/aromatic N) is 1. The topological polar surface area (TPSA) is 62.2 Å². The highest BCUT2D eigenvalue weighted by Crippen LogP contribution is 2.13. The first-order valence-corrected chi connectivity index (χ1v) is 5.05. The Hall–Kier alpha value is -1.57. The van der Waals surface area contributed by atoms with E-state index >= 15 is 0 Å². The van der Waals surface area contributed by atoms with E-state index in [9.17, 15) is 4.79 Å². The van der Waals surface area contributed by atoms with Crippen molar-refractivity contribution in [2.45, 2.75) is 6.42 Å². The molecule has 0 aliphatic carbocycles. The Morgan fingerprint density at radius 2 is 2.44 bits per heavy atom. The van der Waals surface area contributed by atoms with Crippen molar-refractivity contribution in [3.63, 3.8) is 0 Å². The Morgan fingerprint density at radius 1 is 1.69 bits per heavy atom. The molecule has 0 unspecified atom stereocenters. The lowest BCUT2D eigenvalue weighted by atomic mass is 10.2. The average molecular weight is 239 g/mol. The van der Waals surface area contributed by atoms with Gasteiger partial charge in [-0.05, 0) is 13.1 Å². The van der Waals surface area contributed by atoms with Gasteiger partial charge in [-0.15, -0.1) is 0 Å². The summed E-state index contributed by atoms with van der Waals surface area (Å²) in [7, 11) is 1.83. The van der Waals surface area contributed by atoms with E-state index in [1.165, 1.54) is 12.3 Å². The van der Waals surface area contributed by atoms with Crippen LogP contribution in [0.3, 0.4) is 0 Å².